The molecule has 1 rings (SSSR count). The van der Waals surface area contributed by atoms with Crippen LogP contribution in [-0.2, 0) is 15.8 Å². The summed E-state index contributed by atoms with van der Waals surface area (Å²) in [5, 5.41) is 18.1. The number of nitrogens with one attached hydrogen (secondary N) is 1. The van der Waals surface area contributed by atoms with Crippen molar-refractivity contribution in [1.29, 1.82) is 0 Å². The normalized spacial score (nSPS) is 13.3. The Kier molecular flexibility index (Phi) is 6.32. The predicted molar refractivity (Wildman–Crippen MR) is 79.5 cm³/mol. The van der Waals surface area contributed by atoms with E-state index in [-0.39, 0.29) is 23.8 Å². The molecule has 1 aromatic rings. The molecule has 0 aliphatic heterocycles. The molecule has 0 fully saturated rings. The summed E-state index contributed by atoms with van der Waals surface area (Å²) in [6.07, 6.45) is 0.533. The highest BCUT2D eigenvalue weighted by Crippen LogP contribution is 2.11. The monoisotopic (exact) mass is 315 g/mol. The van der Waals surface area contributed by atoms with Gasteiger partial charge in [-0.1, -0.05) is 26.0 Å². The van der Waals surface area contributed by atoms with Gasteiger partial charge in [0.1, 0.15) is 0 Å². The average molecular weight is 315 g/mol. The molecule has 0 radical (unpaired) electrons. The van der Waals surface area contributed by atoms with E-state index in [9.17, 15) is 18.3 Å². The molecule has 0 spiro atoms. The summed E-state index contributed by atoms with van der Waals surface area (Å²) in [5.74, 6) is -1.17. The Hall–Kier alpha value is -1.44. The van der Waals surface area contributed by atoms with Gasteiger partial charge in [-0.15, -0.1) is 0 Å². The van der Waals surface area contributed by atoms with Crippen molar-refractivity contribution in [2.24, 2.45) is 5.92 Å². The maximum atomic E-state index is 12.1. The van der Waals surface area contributed by atoms with E-state index in [1.165, 1.54) is 18.2 Å². The van der Waals surface area contributed by atoms with Crippen molar-refractivity contribution in [1.82, 2.24) is 4.72 Å². The lowest BCUT2D eigenvalue weighted by Gasteiger charge is -2.18. The van der Waals surface area contributed by atoms with Crippen molar-refractivity contribution in [2.45, 2.75) is 32.1 Å². The summed E-state index contributed by atoms with van der Waals surface area (Å²) in [6, 6.07) is 5.27. The molecule has 0 saturated heterocycles. The maximum absolute atomic E-state index is 12.1. The first kappa shape index (κ1) is 17.6. The molecule has 0 aromatic heterocycles. The molecule has 1 atom stereocenters. The number of sulfonamides is 1. The number of rotatable bonds is 8. The van der Waals surface area contributed by atoms with E-state index in [0.717, 1.165) is 0 Å². The first-order valence-corrected chi connectivity index (χ1v) is 8.32. The van der Waals surface area contributed by atoms with E-state index in [0.29, 0.717) is 12.0 Å². The van der Waals surface area contributed by atoms with Crippen molar-refractivity contribution in [2.75, 3.05) is 6.61 Å². The van der Waals surface area contributed by atoms with Crippen molar-refractivity contribution >= 4 is 16.0 Å². The summed E-state index contributed by atoms with van der Waals surface area (Å²) in [7, 11) is -3.64. The molecule has 3 N–H and O–H groups in total. The van der Waals surface area contributed by atoms with Gasteiger partial charge < -0.3 is 10.2 Å². The topological polar surface area (TPSA) is 104 Å². The number of aliphatic hydroxyl groups excluding tert-OH is 1. The largest absolute Gasteiger partial charge is 0.478 e. The summed E-state index contributed by atoms with van der Waals surface area (Å²) < 4.78 is 26.6. The van der Waals surface area contributed by atoms with Crippen LogP contribution in [0.5, 0.6) is 0 Å². The van der Waals surface area contributed by atoms with E-state index in [2.05, 4.69) is 4.72 Å². The Labute approximate surface area is 124 Å². The molecule has 118 valence electrons. The van der Waals surface area contributed by atoms with Crippen molar-refractivity contribution in [3.8, 4) is 0 Å². The lowest BCUT2D eigenvalue weighted by atomic mass is 10.1. The first-order valence-electron chi connectivity index (χ1n) is 6.66. The summed E-state index contributed by atoms with van der Waals surface area (Å²) >= 11 is 0. The van der Waals surface area contributed by atoms with Gasteiger partial charge >= 0.3 is 5.97 Å². The van der Waals surface area contributed by atoms with Gasteiger partial charge in [-0.3, -0.25) is 0 Å². The molecular formula is C14H21NO5S. The minimum Gasteiger partial charge on any atom is -0.478 e. The van der Waals surface area contributed by atoms with E-state index in [1.54, 1.807) is 6.07 Å². The second-order valence-electron chi connectivity index (χ2n) is 5.39. The lowest BCUT2D eigenvalue weighted by Crippen LogP contribution is -2.39. The molecule has 0 heterocycles. The molecular weight excluding hydrogens is 294 g/mol. The predicted octanol–water partition coefficient (Wildman–Crippen LogP) is 1.21. The molecule has 0 aliphatic carbocycles. The van der Waals surface area contributed by atoms with Crippen LogP contribution >= 0.6 is 0 Å². The smallest absolute Gasteiger partial charge is 0.335 e. The third-order valence-electron chi connectivity index (χ3n) is 2.85. The van der Waals surface area contributed by atoms with Gasteiger partial charge in [0.25, 0.3) is 0 Å². The molecule has 1 unspecified atom stereocenters. The van der Waals surface area contributed by atoms with Crippen LogP contribution in [0.25, 0.3) is 0 Å². The fourth-order valence-corrected chi connectivity index (χ4v) is 3.42. The van der Waals surface area contributed by atoms with Gasteiger partial charge in [-0.25, -0.2) is 17.9 Å². The number of carboxylic acid groups (broad SMARTS) is 1. The lowest BCUT2D eigenvalue weighted by molar-refractivity contribution is 0.0696. The quantitative estimate of drug-likeness (QED) is 0.669. The van der Waals surface area contributed by atoms with Crippen LogP contribution in [0.2, 0.25) is 0 Å². The Morgan fingerprint density at radius 3 is 2.52 bits per heavy atom. The SMILES string of the molecule is CC(C)CC(CO)NS(=O)(=O)Cc1cccc(C(=O)O)c1. The zero-order valence-electron chi connectivity index (χ0n) is 12.1. The van der Waals surface area contributed by atoms with Crippen molar-refractivity contribution < 1.29 is 23.4 Å². The number of aromatic carboxylic acids is 1. The number of carboxylic acids is 1. The van der Waals surface area contributed by atoms with Gasteiger partial charge in [0.05, 0.1) is 17.9 Å². The van der Waals surface area contributed by atoms with Gasteiger partial charge in [0.15, 0.2) is 0 Å². The second kappa shape index (κ2) is 7.53. The Morgan fingerprint density at radius 2 is 2.00 bits per heavy atom. The highest BCUT2D eigenvalue weighted by atomic mass is 32.2. The Bertz CT molecular complexity index is 583. The number of benzene rings is 1. The zero-order valence-corrected chi connectivity index (χ0v) is 12.9. The number of hydrogen-bond donors (Lipinski definition) is 3. The fraction of sp³-hybridized carbons (Fsp3) is 0.500. The highest BCUT2D eigenvalue weighted by Gasteiger charge is 2.19. The number of hydrogen-bond acceptors (Lipinski definition) is 4. The third-order valence-corrected chi connectivity index (χ3v) is 4.26. The van der Waals surface area contributed by atoms with Crippen molar-refractivity contribution in [3.63, 3.8) is 0 Å². The molecule has 0 saturated carbocycles. The van der Waals surface area contributed by atoms with Crippen LogP contribution in [0.4, 0.5) is 0 Å². The molecule has 1 aromatic carbocycles. The minimum atomic E-state index is -3.64. The molecule has 0 bridgehead atoms. The van der Waals surface area contributed by atoms with Gasteiger partial charge in [-0.05, 0) is 30.0 Å². The minimum absolute atomic E-state index is 0.0450. The van der Waals surface area contributed by atoms with Crippen LogP contribution < -0.4 is 4.72 Å². The van der Waals surface area contributed by atoms with E-state index in [4.69, 9.17) is 5.11 Å². The van der Waals surface area contributed by atoms with Gasteiger partial charge in [0.2, 0.25) is 10.0 Å². The fourth-order valence-electron chi connectivity index (χ4n) is 2.04. The first-order chi connectivity index (χ1) is 9.73. The van der Waals surface area contributed by atoms with E-state index in [1.807, 2.05) is 13.8 Å². The molecule has 7 heteroatoms. The van der Waals surface area contributed by atoms with Gasteiger partial charge in [0, 0.05) is 6.04 Å². The third kappa shape index (κ3) is 6.24. The highest BCUT2D eigenvalue weighted by molar-refractivity contribution is 7.88. The van der Waals surface area contributed by atoms with Crippen LogP contribution in [0.1, 0.15) is 36.2 Å². The van der Waals surface area contributed by atoms with Crippen LogP contribution in [0.15, 0.2) is 24.3 Å². The second-order valence-corrected chi connectivity index (χ2v) is 7.15. The summed E-state index contributed by atoms with van der Waals surface area (Å²) in [6.45, 7) is 3.60. The standard InChI is InChI=1S/C14H21NO5S/c1-10(2)6-13(8-16)15-21(19,20)9-11-4-3-5-12(7-11)14(17)18/h3-5,7,10,13,15-16H,6,8-9H2,1-2H3,(H,17,18). The molecule has 21 heavy (non-hydrogen) atoms. The van der Waals surface area contributed by atoms with E-state index >= 15 is 0 Å². The zero-order chi connectivity index (χ0) is 16.0. The molecule has 0 amide bonds. The average Bonchev–Trinajstić information content (AvgIpc) is 2.36. The van der Waals surface area contributed by atoms with Crippen molar-refractivity contribution in [3.05, 3.63) is 35.4 Å². The molecule has 6 nitrogen and oxygen atoms in total. The summed E-state index contributed by atoms with van der Waals surface area (Å²) in [4.78, 5) is 10.9. The number of carbonyl (C=O) groups is 1. The maximum Gasteiger partial charge on any atom is 0.335 e. The Balaban J connectivity index is 2.80. The van der Waals surface area contributed by atoms with Gasteiger partial charge in [-0.2, -0.15) is 0 Å². The number of aliphatic hydroxyl groups is 1. The summed E-state index contributed by atoms with van der Waals surface area (Å²) in [5.41, 5.74) is 0.437. The van der Waals surface area contributed by atoms with E-state index < -0.39 is 22.0 Å². The molecule has 0 aliphatic rings. The van der Waals surface area contributed by atoms with Crippen LogP contribution in [0.3, 0.4) is 0 Å². The van der Waals surface area contributed by atoms with Crippen LogP contribution in [0, 0.1) is 5.92 Å². The Morgan fingerprint density at radius 1 is 1.33 bits per heavy atom. The van der Waals surface area contributed by atoms with Crippen LogP contribution in [-0.4, -0.2) is 37.2 Å².